The Balaban J connectivity index is 1.33. The van der Waals surface area contributed by atoms with Gasteiger partial charge < -0.3 is 14.8 Å². The summed E-state index contributed by atoms with van der Waals surface area (Å²) in [6.45, 7) is 3.22. The van der Waals surface area contributed by atoms with Crippen molar-refractivity contribution in [2.75, 3.05) is 31.6 Å². The number of carbonyl (C=O) groups excluding carboxylic acids is 2. The van der Waals surface area contributed by atoms with Crippen molar-refractivity contribution in [2.24, 2.45) is 0 Å². The summed E-state index contributed by atoms with van der Waals surface area (Å²) < 4.78 is 25.2. The highest BCUT2D eigenvalue weighted by Gasteiger charge is 2.37. The van der Waals surface area contributed by atoms with E-state index < -0.39 is 11.9 Å². The molecule has 166 valence electrons. The number of hydrogen-bond acceptors (Lipinski definition) is 5. The zero-order valence-corrected chi connectivity index (χ0v) is 17.7. The maximum absolute atomic E-state index is 13.6. The van der Waals surface area contributed by atoms with E-state index in [2.05, 4.69) is 10.2 Å². The number of piperidine rings is 1. The Labute approximate surface area is 186 Å². The molecule has 1 unspecified atom stereocenters. The molecule has 2 aromatic rings. The summed E-state index contributed by atoms with van der Waals surface area (Å²) in [7, 11) is 0. The molecule has 1 saturated heterocycles. The Morgan fingerprint density at radius 2 is 1.94 bits per heavy atom. The fraction of sp³-hybridized carbons (Fsp3) is 0.360. The summed E-state index contributed by atoms with van der Waals surface area (Å²) in [4.78, 5) is 27.5. The van der Waals surface area contributed by atoms with Crippen LogP contribution in [0.15, 0.2) is 42.5 Å². The van der Waals surface area contributed by atoms with Crippen molar-refractivity contribution in [1.29, 1.82) is 0 Å². The monoisotopic (exact) mass is 436 g/mol. The number of hydrogen-bond donors (Lipinski definition) is 1. The van der Waals surface area contributed by atoms with Crippen LogP contribution in [0.4, 0.5) is 10.1 Å². The number of likely N-dealkylation sites (tertiary alicyclic amines) is 1. The molecule has 1 amide bonds. The van der Waals surface area contributed by atoms with Gasteiger partial charge in [-0.15, -0.1) is 0 Å². The van der Waals surface area contributed by atoms with Crippen molar-refractivity contribution in [1.82, 2.24) is 4.90 Å². The van der Waals surface area contributed by atoms with Gasteiger partial charge in [0, 0.05) is 23.2 Å². The normalized spacial score (nSPS) is 22.2. The lowest BCUT2D eigenvalue weighted by Crippen LogP contribution is -2.33. The third-order valence-corrected chi connectivity index (χ3v) is 6.24. The highest BCUT2D eigenvalue weighted by atomic mass is 19.1. The molecule has 0 saturated carbocycles. The number of amides is 1. The number of ether oxygens (including phenoxy) is 2. The average molecular weight is 436 g/mol. The van der Waals surface area contributed by atoms with E-state index in [-0.39, 0.29) is 18.3 Å². The van der Waals surface area contributed by atoms with Crippen LogP contribution in [0.25, 0.3) is 11.3 Å². The number of esters is 1. The van der Waals surface area contributed by atoms with Crippen LogP contribution >= 0.6 is 0 Å². The molecule has 0 spiro atoms. The van der Waals surface area contributed by atoms with Crippen molar-refractivity contribution in [3.8, 4) is 0 Å². The van der Waals surface area contributed by atoms with Crippen molar-refractivity contribution in [3.05, 3.63) is 65.0 Å². The molecular weight excluding hydrogens is 411 g/mol. The van der Waals surface area contributed by atoms with E-state index >= 15 is 0 Å². The fourth-order valence-corrected chi connectivity index (χ4v) is 4.65. The second-order valence-corrected chi connectivity index (χ2v) is 8.37. The minimum atomic E-state index is -0.534. The number of nitrogens with zero attached hydrogens (tertiary/aromatic N) is 1. The third kappa shape index (κ3) is 4.00. The van der Waals surface area contributed by atoms with Crippen LogP contribution in [0.3, 0.4) is 0 Å². The predicted molar refractivity (Wildman–Crippen MR) is 118 cm³/mol. The molecule has 1 N–H and O–H groups in total. The lowest BCUT2D eigenvalue weighted by atomic mass is 9.98. The van der Waals surface area contributed by atoms with Gasteiger partial charge in [0.15, 0.2) is 0 Å². The van der Waals surface area contributed by atoms with Crippen LogP contribution in [0, 0.1) is 5.82 Å². The van der Waals surface area contributed by atoms with E-state index in [0.717, 1.165) is 30.8 Å². The van der Waals surface area contributed by atoms with Crippen molar-refractivity contribution in [3.63, 3.8) is 0 Å². The summed E-state index contributed by atoms with van der Waals surface area (Å²) in [6.07, 6.45) is 3.19. The summed E-state index contributed by atoms with van der Waals surface area (Å²) in [6, 6.07) is 11.7. The molecule has 6 nitrogen and oxygen atoms in total. The number of nitrogens with one attached hydrogen (secondary N) is 1. The van der Waals surface area contributed by atoms with Crippen molar-refractivity contribution in [2.45, 2.75) is 31.8 Å². The zero-order chi connectivity index (χ0) is 22.1. The molecule has 0 aromatic heterocycles. The highest BCUT2D eigenvalue weighted by molar-refractivity contribution is 6.36. The fourth-order valence-electron chi connectivity index (χ4n) is 4.65. The van der Waals surface area contributed by atoms with Gasteiger partial charge in [-0.25, -0.2) is 4.39 Å². The molecule has 32 heavy (non-hydrogen) atoms. The number of anilines is 1. The number of fused-ring (bicyclic) bond motifs is 2. The Hall–Kier alpha value is -3.19. The van der Waals surface area contributed by atoms with Gasteiger partial charge in [0.2, 0.25) is 0 Å². The van der Waals surface area contributed by atoms with E-state index in [0.29, 0.717) is 29.2 Å². The Morgan fingerprint density at radius 1 is 1.12 bits per heavy atom. The van der Waals surface area contributed by atoms with Gasteiger partial charge >= 0.3 is 5.97 Å². The first-order valence-electron chi connectivity index (χ1n) is 11.1. The van der Waals surface area contributed by atoms with Gasteiger partial charge in [0.1, 0.15) is 24.3 Å². The second kappa shape index (κ2) is 8.74. The predicted octanol–water partition coefficient (Wildman–Crippen LogP) is 4.14. The Morgan fingerprint density at radius 3 is 2.78 bits per heavy atom. The van der Waals surface area contributed by atoms with E-state index in [4.69, 9.17) is 9.47 Å². The van der Waals surface area contributed by atoms with Gasteiger partial charge in [-0.05, 0) is 44.1 Å². The highest BCUT2D eigenvalue weighted by Crippen LogP contribution is 2.46. The standard InChI is InChI=1S/C25H25FN2O4/c26-16-8-9-19-20(14-16)27-25(30)23(19)24-18-7-3-2-6-17(18)21(32-24)15-22(29)31-13-12-28-10-4-1-5-11-28/h2-3,6-9,14,21H,1,4-5,10-13,15H2,(H,27,30)/b24-23+. The zero-order valence-electron chi connectivity index (χ0n) is 17.7. The van der Waals surface area contributed by atoms with Gasteiger partial charge in [-0.3, -0.25) is 14.5 Å². The van der Waals surface area contributed by atoms with Crippen molar-refractivity contribution >= 4 is 28.9 Å². The molecule has 1 atom stereocenters. The quantitative estimate of drug-likeness (QED) is 0.564. The second-order valence-electron chi connectivity index (χ2n) is 8.37. The molecule has 7 heteroatoms. The van der Waals surface area contributed by atoms with Crippen molar-refractivity contribution < 1.29 is 23.5 Å². The number of carbonyl (C=O) groups is 2. The summed E-state index contributed by atoms with van der Waals surface area (Å²) in [5.41, 5.74) is 2.96. The lowest BCUT2D eigenvalue weighted by molar-refractivity contribution is -0.146. The van der Waals surface area contributed by atoms with Crippen LogP contribution in [0.1, 0.15) is 48.5 Å². The van der Waals surface area contributed by atoms with Crippen LogP contribution in [-0.4, -0.2) is 43.0 Å². The first kappa shape index (κ1) is 20.7. The van der Waals surface area contributed by atoms with Crippen LogP contribution in [0.2, 0.25) is 0 Å². The van der Waals surface area contributed by atoms with E-state index in [1.165, 1.54) is 31.4 Å². The minimum Gasteiger partial charge on any atom is -0.484 e. The molecular formula is C25H25FN2O4. The lowest BCUT2D eigenvalue weighted by Gasteiger charge is -2.26. The molecule has 2 aromatic carbocycles. The minimum absolute atomic E-state index is 0.0612. The molecule has 3 aliphatic rings. The van der Waals surface area contributed by atoms with E-state index in [1.807, 2.05) is 24.3 Å². The number of benzene rings is 2. The molecule has 0 radical (unpaired) electrons. The summed E-state index contributed by atoms with van der Waals surface area (Å²) in [5.74, 6) is -0.686. The van der Waals surface area contributed by atoms with E-state index in [1.54, 1.807) is 6.07 Å². The van der Waals surface area contributed by atoms with Crippen LogP contribution in [-0.2, 0) is 19.1 Å². The smallest absolute Gasteiger partial charge is 0.309 e. The van der Waals surface area contributed by atoms with Gasteiger partial charge in [-0.2, -0.15) is 0 Å². The molecule has 1 fully saturated rings. The van der Waals surface area contributed by atoms with E-state index in [9.17, 15) is 14.0 Å². The summed E-state index contributed by atoms with van der Waals surface area (Å²) in [5, 5.41) is 2.70. The third-order valence-electron chi connectivity index (χ3n) is 6.24. The maximum Gasteiger partial charge on any atom is 0.309 e. The van der Waals surface area contributed by atoms with Crippen LogP contribution in [0.5, 0.6) is 0 Å². The Kier molecular flexibility index (Phi) is 5.66. The molecule has 0 aliphatic carbocycles. The van der Waals surface area contributed by atoms with Gasteiger partial charge in [-0.1, -0.05) is 30.7 Å². The van der Waals surface area contributed by atoms with Gasteiger partial charge in [0.25, 0.3) is 5.91 Å². The first-order chi connectivity index (χ1) is 15.6. The average Bonchev–Trinajstić information content (AvgIpc) is 3.30. The molecule has 3 aliphatic heterocycles. The molecule has 5 rings (SSSR count). The first-order valence-corrected chi connectivity index (χ1v) is 11.1. The Bertz CT molecular complexity index is 1090. The topological polar surface area (TPSA) is 67.9 Å². The molecule has 3 heterocycles. The summed E-state index contributed by atoms with van der Waals surface area (Å²) >= 11 is 0. The van der Waals surface area contributed by atoms with Gasteiger partial charge in [0.05, 0.1) is 17.7 Å². The van der Waals surface area contributed by atoms with Crippen LogP contribution < -0.4 is 5.32 Å². The number of halogens is 1. The maximum atomic E-state index is 13.6. The molecule has 0 bridgehead atoms. The SMILES string of the molecule is O=C(CC1O/C(=C2/C(=O)Nc3cc(F)ccc32)c2ccccc21)OCCN1CCCCC1. The largest absolute Gasteiger partial charge is 0.484 e. The number of rotatable bonds is 5.